The molecule has 0 amide bonds. The van der Waals surface area contributed by atoms with E-state index < -0.39 is 0 Å². The highest BCUT2D eigenvalue weighted by molar-refractivity contribution is 6.02. The lowest BCUT2D eigenvalue weighted by Crippen LogP contribution is -2.10. The van der Waals surface area contributed by atoms with E-state index in [0.29, 0.717) is 0 Å². The van der Waals surface area contributed by atoms with Crippen LogP contribution in [0.25, 0.3) is 99.5 Å². The number of nitrogens with zero attached hydrogens (tertiary/aromatic N) is 1. The summed E-state index contributed by atoms with van der Waals surface area (Å²) in [6.45, 7) is 0. The third kappa shape index (κ3) is 7.21. The fraction of sp³-hybridized carbons (Fsp3) is 0. The van der Waals surface area contributed by atoms with Crippen LogP contribution >= 0.6 is 0 Å². The van der Waals surface area contributed by atoms with Crippen LogP contribution in [0.5, 0.6) is 0 Å². The van der Waals surface area contributed by atoms with Crippen molar-refractivity contribution in [2.75, 3.05) is 4.90 Å². The predicted octanol–water partition coefficient (Wildman–Crippen LogP) is 18.2. The zero-order chi connectivity index (χ0) is 43.8. The minimum Gasteiger partial charge on any atom is -0.455 e. The molecule has 0 N–H and O–H groups in total. The SMILES string of the molecule is c1ccc(-c2c(-c3cccc(-c4ccc(N(c5ccc(-c6ccc(-c7cccc8ccccc78)cc6)cc5)c5cccc(-c6cccc7ccccc67)c5)cc4)c3)oc3ccccc23)cc1. The summed E-state index contributed by atoms with van der Waals surface area (Å²) in [6.07, 6.45) is 0. The molecule has 1 heterocycles. The molecule has 11 aromatic carbocycles. The molecule has 0 aliphatic carbocycles. The molecule has 0 spiro atoms. The molecule has 0 bridgehead atoms. The van der Waals surface area contributed by atoms with Gasteiger partial charge in [0.1, 0.15) is 11.3 Å². The van der Waals surface area contributed by atoms with Crippen LogP contribution in [0.15, 0.2) is 265 Å². The lowest BCUT2D eigenvalue weighted by Gasteiger charge is -2.26. The lowest BCUT2D eigenvalue weighted by atomic mass is 9.96. The summed E-state index contributed by atoms with van der Waals surface area (Å²) in [5, 5.41) is 6.10. The Morgan fingerprint density at radius 1 is 0.258 bits per heavy atom. The maximum atomic E-state index is 6.61. The van der Waals surface area contributed by atoms with E-state index in [0.717, 1.165) is 61.6 Å². The van der Waals surface area contributed by atoms with Crippen LogP contribution in [0, 0.1) is 0 Å². The van der Waals surface area contributed by atoms with E-state index in [2.05, 4.69) is 260 Å². The van der Waals surface area contributed by atoms with Gasteiger partial charge in [-0.25, -0.2) is 0 Å². The first-order valence-electron chi connectivity index (χ1n) is 22.6. The van der Waals surface area contributed by atoms with Crippen molar-refractivity contribution in [3.05, 3.63) is 261 Å². The Bertz CT molecular complexity index is 3670. The summed E-state index contributed by atoms with van der Waals surface area (Å²) in [4.78, 5) is 2.36. The molecule has 310 valence electrons. The van der Waals surface area contributed by atoms with E-state index >= 15 is 0 Å². The van der Waals surface area contributed by atoms with Crippen LogP contribution < -0.4 is 4.90 Å². The fourth-order valence-corrected chi connectivity index (χ4v) is 9.64. The highest BCUT2D eigenvalue weighted by Crippen LogP contribution is 2.43. The molecule has 12 rings (SSSR count). The largest absolute Gasteiger partial charge is 0.455 e. The molecule has 0 saturated heterocycles. The molecule has 0 unspecified atom stereocenters. The number of rotatable bonds is 9. The molecule has 0 radical (unpaired) electrons. The highest BCUT2D eigenvalue weighted by atomic mass is 16.3. The summed E-state index contributed by atoms with van der Waals surface area (Å²) in [5.41, 5.74) is 16.9. The van der Waals surface area contributed by atoms with Gasteiger partial charge in [0.2, 0.25) is 0 Å². The molecule has 12 aromatic rings. The Morgan fingerprint density at radius 3 is 1.38 bits per heavy atom. The first kappa shape index (κ1) is 38.9. The van der Waals surface area contributed by atoms with Crippen molar-refractivity contribution >= 4 is 49.6 Å². The van der Waals surface area contributed by atoms with E-state index in [4.69, 9.17) is 4.42 Å². The zero-order valence-electron chi connectivity index (χ0n) is 36.2. The molecule has 66 heavy (non-hydrogen) atoms. The fourth-order valence-electron chi connectivity index (χ4n) is 9.64. The van der Waals surface area contributed by atoms with Gasteiger partial charge in [-0.05, 0) is 120 Å². The molecular weight excluding hydrogens is 799 g/mol. The summed E-state index contributed by atoms with van der Waals surface area (Å²) in [6, 6.07) is 93.7. The number of benzene rings is 11. The van der Waals surface area contributed by atoms with Gasteiger partial charge in [0, 0.05) is 33.6 Å². The van der Waals surface area contributed by atoms with Crippen LogP contribution in [-0.2, 0) is 0 Å². The molecule has 2 heteroatoms. The normalized spacial score (nSPS) is 11.3. The second-order valence-electron chi connectivity index (χ2n) is 16.9. The van der Waals surface area contributed by atoms with Gasteiger partial charge in [0.25, 0.3) is 0 Å². The average Bonchev–Trinajstić information content (AvgIpc) is 3.79. The summed E-state index contributed by atoms with van der Waals surface area (Å²) >= 11 is 0. The van der Waals surface area contributed by atoms with E-state index in [1.807, 2.05) is 6.07 Å². The standard InChI is InChI=1S/C64H43NO/c1-2-16-50(17-3-1)63-61-26-8-9-29-62(61)66-64(63)53-22-10-20-51(42-53)46-36-40-55(41-37-46)65(56-23-11-21-52(43-56)60-28-13-19-48-15-5-7-25-58(48)60)54-38-34-45(35-39-54)44-30-32-49(33-31-44)59-27-12-18-47-14-4-6-24-57(47)59/h1-43H. The number of anilines is 3. The maximum Gasteiger partial charge on any atom is 0.143 e. The van der Waals surface area contributed by atoms with Crippen molar-refractivity contribution in [1.29, 1.82) is 0 Å². The first-order valence-corrected chi connectivity index (χ1v) is 22.6. The van der Waals surface area contributed by atoms with Gasteiger partial charge in [-0.3, -0.25) is 0 Å². The van der Waals surface area contributed by atoms with Crippen LogP contribution in [0.1, 0.15) is 0 Å². The number of furan rings is 1. The molecule has 0 aliphatic heterocycles. The topological polar surface area (TPSA) is 16.4 Å². The van der Waals surface area contributed by atoms with E-state index in [-0.39, 0.29) is 0 Å². The Hall–Kier alpha value is -8.72. The van der Waals surface area contributed by atoms with Gasteiger partial charge in [0.05, 0.1) is 0 Å². The van der Waals surface area contributed by atoms with Crippen molar-refractivity contribution in [3.8, 4) is 67.0 Å². The Labute approximate surface area is 384 Å². The van der Waals surface area contributed by atoms with Crippen molar-refractivity contribution in [1.82, 2.24) is 0 Å². The van der Waals surface area contributed by atoms with E-state index in [9.17, 15) is 0 Å². The van der Waals surface area contributed by atoms with Crippen molar-refractivity contribution in [2.45, 2.75) is 0 Å². The first-order chi connectivity index (χ1) is 32.7. The van der Waals surface area contributed by atoms with E-state index in [1.54, 1.807) is 0 Å². The lowest BCUT2D eigenvalue weighted by molar-refractivity contribution is 0.632. The third-order valence-electron chi connectivity index (χ3n) is 12.9. The van der Waals surface area contributed by atoms with Crippen LogP contribution in [0.4, 0.5) is 17.1 Å². The molecule has 0 saturated carbocycles. The summed E-state index contributed by atoms with van der Waals surface area (Å²) in [7, 11) is 0. The highest BCUT2D eigenvalue weighted by Gasteiger charge is 2.19. The Kier molecular flexibility index (Phi) is 9.89. The third-order valence-corrected chi connectivity index (χ3v) is 12.9. The van der Waals surface area contributed by atoms with Gasteiger partial charge in [-0.15, -0.1) is 0 Å². The van der Waals surface area contributed by atoms with Crippen LogP contribution in [-0.4, -0.2) is 0 Å². The second-order valence-corrected chi connectivity index (χ2v) is 16.9. The van der Waals surface area contributed by atoms with Crippen molar-refractivity contribution in [2.24, 2.45) is 0 Å². The smallest absolute Gasteiger partial charge is 0.143 e. The molecule has 0 aliphatic rings. The van der Waals surface area contributed by atoms with Gasteiger partial charge < -0.3 is 9.32 Å². The maximum absolute atomic E-state index is 6.61. The quantitative estimate of drug-likeness (QED) is 0.144. The number of hydrogen-bond donors (Lipinski definition) is 0. The minimum atomic E-state index is 0.877. The summed E-state index contributed by atoms with van der Waals surface area (Å²) < 4.78 is 6.61. The number of para-hydroxylation sites is 1. The Balaban J connectivity index is 0.908. The molecule has 2 nitrogen and oxygen atoms in total. The van der Waals surface area contributed by atoms with Gasteiger partial charge in [0.15, 0.2) is 0 Å². The van der Waals surface area contributed by atoms with E-state index in [1.165, 1.54) is 54.9 Å². The second kappa shape index (κ2) is 16.8. The predicted molar refractivity (Wildman–Crippen MR) is 279 cm³/mol. The number of fused-ring (bicyclic) bond motifs is 3. The summed E-state index contributed by atoms with van der Waals surface area (Å²) in [5.74, 6) is 0.877. The van der Waals surface area contributed by atoms with Gasteiger partial charge in [-0.1, -0.05) is 212 Å². The molecule has 1 aromatic heterocycles. The molecule has 0 atom stereocenters. The van der Waals surface area contributed by atoms with Crippen LogP contribution in [0.2, 0.25) is 0 Å². The molecular formula is C64H43NO. The van der Waals surface area contributed by atoms with Crippen molar-refractivity contribution in [3.63, 3.8) is 0 Å². The molecule has 0 fully saturated rings. The van der Waals surface area contributed by atoms with Crippen molar-refractivity contribution < 1.29 is 4.42 Å². The Morgan fingerprint density at radius 2 is 0.712 bits per heavy atom. The minimum absolute atomic E-state index is 0.877. The van der Waals surface area contributed by atoms with Gasteiger partial charge in [-0.2, -0.15) is 0 Å². The average molecular weight is 842 g/mol. The monoisotopic (exact) mass is 841 g/mol. The number of hydrogen-bond acceptors (Lipinski definition) is 2. The zero-order valence-corrected chi connectivity index (χ0v) is 36.2. The van der Waals surface area contributed by atoms with Gasteiger partial charge >= 0.3 is 0 Å². The van der Waals surface area contributed by atoms with Crippen LogP contribution in [0.3, 0.4) is 0 Å².